The van der Waals surface area contributed by atoms with Gasteiger partial charge >= 0.3 is 0 Å². The van der Waals surface area contributed by atoms with Gasteiger partial charge in [0.2, 0.25) is 5.91 Å². The maximum Gasteiger partial charge on any atom is 0.234 e. The lowest BCUT2D eigenvalue weighted by atomic mass is 9.96. The maximum atomic E-state index is 11.5. The normalized spacial score (nSPS) is 13.8. The molecule has 0 spiro atoms. The Morgan fingerprint density at radius 3 is 2.18 bits per heavy atom. The van der Waals surface area contributed by atoms with Gasteiger partial charge in [0.25, 0.3) is 0 Å². The van der Waals surface area contributed by atoms with Crippen LogP contribution in [0.3, 0.4) is 0 Å². The Morgan fingerprint density at radius 2 is 1.76 bits per heavy atom. The monoisotopic (exact) mass is 244 g/mol. The fraction of sp³-hybridized carbons (Fsp3) is 0.923. The van der Waals surface area contributed by atoms with Gasteiger partial charge in [-0.3, -0.25) is 4.79 Å². The molecule has 4 heteroatoms. The van der Waals surface area contributed by atoms with Gasteiger partial charge in [-0.25, -0.2) is 0 Å². The van der Waals surface area contributed by atoms with Crippen molar-refractivity contribution >= 4 is 5.91 Å². The van der Waals surface area contributed by atoms with Gasteiger partial charge < -0.3 is 15.7 Å². The second kappa shape index (κ2) is 7.67. The van der Waals surface area contributed by atoms with Crippen LogP contribution in [0.25, 0.3) is 0 Å². The number of rotatable bonds is 7. The van der Waals surface area contributed by atoms with Gasteiger partial charge in [0.1, 0.15) is 0 Å². The molecule has 0 radical (unpaired) electrons. The summed E-state index contributed by atoms with van der Waals surface area (Å²) in [5.41, 5.74) is -0.202. The summed E-state index contributed by atoms with van der Waals surface area (Å²) in [5, 5.41) is 15.7. The summed E-state index contributed by atoms with van der Waals surface area (Å²) >= 11 is 0. The van der Waals surface area contributed by atoms with E-state index >= 15 is 0 Å². The predicted octanol–water partition coefficient (Wildman–Crippen LogP) is 1.29. The molecule has 1 atom stereocenters. The summed E-state index contributed by atoms with van der Waals surface area (Å²) in [6.07, 6.45) is 1.56. The van der Waals surface area contributed by atoms with Crippen molar-refractivity contribution in [3.63, 3.8) is 0 Å². The van der Waals surface area contributed by atoms with Gasteiger partial charge in [0, 0.05) is 12.1 Å². The molecule has 0 saturated carbocycles. The van der Waals surface area contributed by atoms with Crippen LogP contribution in [0, 0.1) is 5.92 Å². The first-order valence-electron chi connectivity index (χ1n) is 6.50. The van der Waals surface area contributed by atoms with Crippen LogP contribution in [0.4, 0.5) is 0 Å². The number of aliphatic hydroxyl groups excluding tert-OH is 1. The van der Waals surface area contributed by atoms with Gasteiger partial charge in [-0.1, -0.05) is 26.7 Å². The molecule has 0 rings (SSSR count). The first kappa shape index (κ1) is 16.4. The number of amides is 1. The molecule has 0 aromatic heterocycles. The number of hydrogen-bond donors (Lipinski definition) is 3. The molecule has 0 aliphatic rings. The predicted molar refractivity (Wildman–Crippen MR) is 70.8 cm³/mol. The fourth-order valence-corrected chi connectivity index (χ4v) is 1.80. The molecule has 0 aliphatic carbocycles. The zero-order valence-electron chi connectivity index (χ0n) is 11.8. The summed E-state index contributed by atoms with van der Waals surface area (Å²) in [4.78, 5) is 11.5. The van der Waals surface area contributed by atoms with Crippen molar-refractivity contribution in [1.29, 1.82) is 0 Å². The van der Waals surface area contributed by atoms with Gasteiger partial charge in [0.15, 0.2) is 0 Å². The number of carbonyl (C=O) groups excluding carboxylic acids is 1. The van der Waals surface area contributed by atoms with Crippen molar-refractivity contribution in [3.05, 3.63) is 0 Å². The summed E-state index contributed by atoms with van der Waals surface area (Å²) < 4.78 is 0. The largest absolute Gasteiger partial charge is 0.392 e. The van der Waals surface area contributed by atoms with Gasteiger partial charge in [-0.05, 0) is 26.7 Å². The smallest absolute Gasteiger partial charge is 0.234 e. The Labute approximate surface area is 105 Å². The lowest BCUT2D eigenvalue weighted by Gasteiger charge is -2.22. The minimum absolute atomic E-state index is 0.0331. The van der Waals surface area contributed by atoms with E-state index in [0.29, 0.717) is 12.5 Å². The van der Waals surface area contributed by atoms with E-state index in [9.17, 15) is 9.90 Å². The van der Waals surface area contributed by atoms with Crippen LogP contribution in [0.1, 0.15) is 47.5 Å². The van der Waals surface area contributed by atoms with E-state index in [4.69, 9.17) is 0 Å². The lowest BCUT2D eigenvalue weighted by Crippen LogP contribution is -2.46. The van der Waals surface area contributed by atoms with Gasteiger partial charge in [-0.15, -0.1) is 0 Å². The fourth-order valence-electron chi connectivity index (χ4n) is 1.80. The number of carbonyl (C=O) groups is 1. The Hall–Kier alpha value is -0.610. The Morgan fingerprint density at radius 1 is 1.24 bits per heavy atom. The van der Waals surface area contributed by atoms with E-state index in [0.717, 1.165) is 12.8 Å². The zero-order chi connectivity index (χ0) is 13.5. The van der Waals surface area contributed by atoms with Crippen LogP contribution in [0.5, 0.6) is 0 Å². The molecule has 1 unspecified atom stereocenters. The van der Waals surface area contributed by atoms with Gasteiger partial charge in [-0.2, -0.15) is 0 Å². The van der Waals surface area contributed by atoms with Crippen LogP contribution in [0.2, 0.25) is 0 Å². The Bertz CT molecular complexity index is 220. The van der Waals surface area contributed by atoms with Crippen molar-refractivity contribution in [3.8, 4) is 0 Å². The summed E-state index contributed by atoms with van der Waals surface area (Å²) in [6, 6.07) is 0. The molecule has 1 amide bonds. The number of aliphatic hydroxyl groups is 1. The molecule has 17 heavy (non-hydrogen) atoms. The molecule has 4 nitrogen and oxygen atoms in total. The minimum atomic E-state index is -0.368. The van der Waals surface area contributed by atoms with Crippen LogP contribution in [-0.2, 0) is 4.79 Å². The van der Waals surface area contributed by atoms with E-state index in [2.05, 4.69) is 24.5 Å². The molecule has 102 valence electrons. The van der Waals surface area contributed by atoms with E-state index in [1.54, 1.807) is 0 Å². The van der Waals surface area contributed by atoms with Gasteiger partial charge in [0.05, 0.1) is 12.6 Å². The SMILES string of the molecule is CCC(CC)C(O)CNCC(=O)NC(C)(C)C. The van der Waals surface area contributed by atoms with Crippen molar-refractivity contribution in [2.24, 2.45) is 5.92 Å². The number of hydrogen-bond acceptors (Lipinski definition) is 3. The maximum absolute atomic E-state index is 11.5. The quantitative estimate of drug-likeness (QED) is 0.632. The highest BCUT2D eigenvalue weighted by Gasteiger charge is 2.16. The molecule has 0 bridgehead atoms. The standard InChI is InChI=1S/C13H28N2O2/c1-6-10(7-2)11(16)8-14-9-12(17)15-13(3,4)5/h10-11,14,16H,6-9H2,1-5H3,(H,15,17). The van der Waals surface area contributed by atoms with Crippen LogP contribution < -0.4 is 10.6 Å². The molecule has 0 fully saturated rings. The lowest BCUT2D eigenvalue weighted by molar-refractivity contribution is -0.121. The first-order valence-corrected chi connectivity index (χ1v) is 6.50. The van der Waals surface area contributed by atoms with Crippen LogP contribution in [0.15, 0.2) is 0 Å². The topological polar surface area (TPSA) is 61.4 Å². The van der Waals surface area contributed by atoms with E-state index in [-0.39, 0.29) is 24.1 Å². The Balaban J connectivity index is 3.80. The molecule has 3 N–H and O–H groups in total. The zero-order valence-corrected chi connectivity index (χ0v) is 11.8. The third kappa shape index (κ3) is 8.16. The Kier molecular flexibility index (Phi) is 7.39. The highest BCUT2D eigenvalue weighted by atomic mass is 16.3. The summed E-state index contributed by atoms with van der Waals surface area (Å²) in [7, 11) is 0. The molecule has 0 aromatic carbocycles. The summed E-state index contributed by atoms with van der Waals surface area (Å²) in [5.74, 6) is 0.280. The minimum Gasteiger partial charge on any atom is -0.392 e. The van der Waals surface area contributed by atoms with E-state index in [1.807, 2.05) is 20.8 Å². The summed E-state index contributed by atoms with van der Waals surface area (Å²) in [6.45, 7) is 10.7. The van der Waals surface area contributed by atoms with Crippen LogP contribution >= 0.6 is 0 Å². The van der Waals surface area contributed by atoms with E-state index in [1.165, 1.54) is 0 Å². The van der Waals surface area contributed by atoms with Crippen molar-refractivity contribution in [2.45, 2.75) is 59.1 Å². The molecule has 0 aromatic rings. The molecular weight excluding hydrogens is 216 g/mol. The molecule has 0 aliphatic heterocycles. The molecular formula is C13H28N2O2. The molecule has 0 heterocycles. The first-order chi connectivity index (χ1) is 7.80. The van der Waals surface area contributed by atoms with Crippen LogP contribution in [-0.4, -0.2) is 35.7 Å². The average Bonchev–Trinajstić information content (AvgIpc) is 2.16. The highest BCUT2D eigenvalue weighted by molar-refractivity contribution is 5.78. The van der Waals surface area contributed by atoms with Crippen molar-refractivity contribution in [1.82, 2.24) is 10.6 Å². The number of nitrogens with one attached hydrogen (secondary N) is 2. The third-order valence-electron chi connectivity index (χ3n) is 2.75. The second-order valence-electron chi connectivity index (χ2n) is 5.57. The second-order valence-corrected chi connectivity index (χ2v) is 5.57. The third-order valence-corrected chi connectivity index (χ3v) is 2.75. The van der Waals surface area contributed by atoms with E-state index < -0.39 is 0 Å². The van der Waals surface area contributed by atoms with Crippen molar-refractivity contribution in [2.75, 3.05) is 13.1 Å². The van der Waals surface area contributed by atoms with Crippen molar-refractivity contribution < 1.29 is 9.90 Å². The average molecular weight is 244 g/mol. The highest BCUT2D eigenvalue weighted by Crippen LogP contribution is 2.11. The molecule has 0 saturated heterocycles.